The minimum absolute atomic E-state index is 0.00158. The smallest absolute Gasteiger partial charge is 0.251 e. The predicted molar refractivity (Wildman–Crippen MR) is 73.2 cm³/mol. The Bertz CT molecular complexity index is 404. The summed E-state index contributed by atoms with van der Waals surface area (Å²) >= 11 is 0. The summed E-state index contributed by atoms with van der Waals surface area (Å²) in [4.78, 5) is 12.0. The number of carbonyl (C=O) groups is 1. The maximum atomic E-state index is 12.0. The van der Waals surface area contributed by atoms with Crippen LogP contribution in [-0.2, 0) is 0 Å². The lowest BCUT2D eigenvalue weighted by Gasteiger charge is -2.41. The van der Waals surface area contributed by atoms with Gasteiger partial charge >= 0.3 is 0 Å². The summed E-state index contributed by atoms with van der Waals surface area (Å²) in [7, 11) is 0. The van der Waals surface area contributed by atoms with E-state index in [9.17, 15) is 4.79 Å². The van der Waals surface area contributed by atoms with E-state index in [4.69, 9.17) is 5.84 Å². The first-order valence-corrected chi connectivity index (χ1v) is 6.54. The van der Waals surface area contributed by atoms with Crippen molar-refractivity contribution in [3.8, 4) is 0 Å². The zero-order valence-corrected chi connectivity index (χ0v) is 10.8. The highest BCUT2D eigenvalue weighted by Crippen LogP contribution is 2.43. The summed E-state index contributed by atoms with van der Waals surface area (Å²) in [5.41, 5.74) is 4.38. The van der Waals surface area contributed by atoms with Crippen LogP contribution in [0, 0.1) is 5.41 Å². The number of rotatable bonds is 5. The van der Waals surface area contributed by atoms with Crippen molar-refractivity contribution in [2.45, 2.75) is 32.6 Å². The van der Waals surface area contributed by atoms with Crippen molar-refractivity contribution in [1.82, 2.24) is 5.32 Å². The van der Waals surface area contributed by atoms with Crippen molar-refractivity contribution in [2.24, 2.45) is 11.3 Å². The van der Waals surface area contributed by atoms with Crippen molar-refractivity contribution >= 4 is 11.6 Å². The summed E-state index contributed by atoms with van der Waals surface area (Å²) in [5.74, 6) is 5.28. The Kier molecular flexibility index (Phi) is 3.87. The quantitative estimate of drug-likeness (QED) is 0.552. The summed E-state index contributed by atoms with van der Waals surface area (Å²) in [5, 5.41) is 3.04. The molecule has 0 atom stereocenters. The number of benzene rings is 1. The van der Waals surface area contributed by atoms with Crippen LogP contribution in [-0.4, -0.2) is 12.5 Å². The molecule has 1 saturated carbocycles. The molecule has 0 heterocycles. The van der Waals surface area contributed by atoms with Gasteiger partial charge in [-0.25, -0.2) is 0 Å². The largest absolute Gasteiger partial charge is 0.351 e. The predicted octanol–water partition coefficient (Wildman–Crippen LogP) is 2.28. The molecule has 0 aliphatic heterocycles. The molecule has 1 fully saturated rings. The summed E-state index contributed by atoms with van der Waals surface area (Å²) in [6, 6.07) is 7.16. The molecule has 0 radical (unpaired) electrons. The third-order valence-corrected chi connectivity index (χ3v) is 4.10. The summed E-state index contributed by atoms with van der Waals surface area (Å²) in [6.45, 7) is 2.99. The van der Waals surface area contributed by atoms with E-state index in [0.29, 0.717) is 11.0 Å². The Balaban J connectivity index is 1.90. The van der Waals surface area contributed by atoms with Gasteiger partial charge in [0.2, 0.25) is 0 Å². The first kappa shape index (κ1) is 12.9. The highest BCUT2D eigenvalue weighted by molar-refractivity contribution is 5.94. The molecule has 18 heavy (non-hydrogen) atoms. The number of nitrogens with one attached hydrogen (secondary N) is 2. The van der Waals surface area contributed by atoms with Gasteiger partial charge in [-0.05, 0) is 48.9 Å². The molecule has 1 aromatic carbocycles. The molecule has 1 aromatic rings. The third-order valence-electron chi connectivity index (χ3n) is 4.10. The minimum atomic E-state index is -0.00158. The fraction of sp³-hybridized carbons (Fsp3) is 0.500. The molecule has 0 bridgehead atoms. The number of amides is 1. The molecule has 4 nitrogen and oxygen atoms in total. The molecule has 1 amide bonds. The van der Waals surface area contributed by atoms with E-state index in [1.165, 1.54) is 19.3 Å². The molecule has 1 aliphatic rings. The second-order valence-electron chi connectivity index (χ2n) is 5.11. The molecule has 0 saturated heterocycles. The Morgan fingerprint density at radius 1 is 1.33 bits per heavy atom. The van der Waals surface area contributed by atoms with E-state index in [1.807, 2.05) is 0 Å². The van der Waals surface area contributed by atoms with Gasteiger partial charge in [-0.3, -0.25) is 10.6 Å². The molecular formula is C14H21N3O. The number of nitrogens with two attached hydrogens (primary N) is 1. The first-order valence-electron chi connectivity index (χ1n) is 6.54. The van der Waals surface area contributed by atoms with Crippen molar-refractivity contribution < 1.29 is 4.79 Å². The zero-order chi connectivity index (χ0) is 13.0. The molecule has 0 spiro atoms. The van der Waals surface area contributed by atoms with E-state index in [-0.39, 0.29) is 5.91 Å². The highest BCUT2D eigenvalue weighted by Gasteiger charge is 2.35. The minimum Gasteiger partial charge on any atom is -0.351 e. The second kappa shape index (κ2) is 5.40. The Morgan fingerprint density at radius 3 is 2.44 bits per heavy atom. The Morgan fingerprint density at radius 2 is 2.00 bits per heavy atom. The lowest BCUT2D eigenvalue weighted by atomic mass is 9.67. The van der Waals surface area contributed by atoms with Gasteiger partial charge in [0.25, 0.3) is 5.91 Å². The van der Waals surface area contributed by atoms with Gasteiger partial charge < -0.3 is 10.7 Å². The molecule has 4 heteroatoms. The lowest BCUT2D eigenvalue weighted by Crippen LogP contribution is -2.41. The molecule has 2 rings (SSSR count). The number of hydrogen-bond acceptors (Lipinski definition) is 3. The Labute approximate surface area is 108 Å². The topological polar surface area (TPSA) is 67.2 Å². The highest BCUT2D eigenvalue weighted by atomic mass is 16.1. The molecular weight excluding hydrogens is 226 g/mol. The van der Waals surface area contributed by atoms with E-state index in [1.54, 1.807) is 24.3 Å². The lowest BCUT2D eigenvalue weighted by molar-refractivity contribution is 0.0850. The van der Waals surface area contributed by atoms with E-state index >= 15 is 0 Å². The SMILES string of the molecule is CCC1(CNC(=O)c2ccc(NN)cc2)CCC1. The number of hydrogen-bond donors (Lipinski definition) is 3. The van der Waals surface area contributed by atoms with Crippen molar-refractivity contribution in [1.29, 1.82) is 0 Å². The molecule has 1 aliphatic carbocycles. The van der Waals surface area contributed by atoms with Crippen LogP contribution < -0.4 is 16.6 Å². The number of nitrogen functional groups attached to an aromatic ring is 1. The van der Waals surface area contributed by atoms with Gasteiger partial charge in [0.1, 0.15) is 0 Å². The average Bonchev–Trinajstić information content (AvgIpc) is 2.38. The van der Waals surface area contributed by atoms with E-state index in [2.05, 4.69) is 17.7 Å². The molecule has 4 N–H and O–H groups in total. The zero-order valence-electron chi connectivity index (χ0n) is 10.8. The van der Waals surface area contributed by atoms with E-state index in [0.717, 1.165) is 18.7 Å². The van der Waals surface area contributed by atoms with Crippen molar-refractivity contribution in [3.05, 3.63) is 29.8 Å². The third kappa shape index (κ3) is 2.64. The van der Waals surface area contributed by atoms with Crippen LogP contribution in [0.3, 0.4) is 0 Å². The monoisotopic (exact) mass is 247 g/mol. The average molecular weight is 247 g/mol. The molecule has 0 unspecified atom stereocenters. The maximum Gasteiger partial charge on any atom is 0.251 e. The van der Waals surface area contributed by atoms with Gasteiger partial charge in [0, 0.05) is 17.8 Å². The Hall–Kier alpha value is -1.55. The standard InChI is InChI=1S/C14H21N3O/c1-2-14(8-3-9-14)10-16-13(18)11-4-6-12(17-15)7-5-11/h4-7,17H,2-3,8-10,15H2,1H3,(H,16,18). The van der Waals surface area contributed by atoms with Crippen LogP contribution in [0.2, 0.25) is 0 Å². The van der Waals surface area contributed by atoms with Crippen LogP contribution in [0.15, 0.2) is 24.3 Å². The van der Waals surface area contributed by atoms with Gasteiger partial charge in [0.05, 0.1) is 0 Å². The second-order valence-corrected chi connectivity index (χ2v) is 5.11. The van der Waals surface area contributed by atoms with Crippen molar-refractivity contribution in [2.75, 3.05) is 12.0 Å². The van der Waals surface area contributed by atoms with Gasteiger partial charge in [-0.15, -0.1) is 0 Å². The number of hydrazine groups is 1. The van der Waals surface area contributed by atoms with Gasteiger partial charge in [0.15, 0.2) is 0 Å². The fourth-order valence-corrected chi connectivity index (χ4v) is 2.42. The van der Waals surface area contributed by atoms with Gasteiger partial charge in [-0.2, -0.15) is 0 Å². The first-order chi connectivity index (χ1) is 8.69. The maximum absolute atomic E-state index is 12.0. The van der Waals surface area contributed by atoms with Gasteiger partial charge in [-0.1, -0.05) is 13.3 Å². The van der Waals surface area contributed by atoms with Crippen LogP contribution in [0.4, 0.5) is 5.69 Å². The van der Waals surface area contributed by atoms with Crippen LogP contribution in [0.25, 0.3) is 0 Å². The van der Waals surface area contributed by atoms with Crippen LogP contribution in [0.5, 0.6) is 0 Å². The summed E-state index contributed by atoms with van der Waals surface area (Å²) < 4.78 is 0. The van der Waals surface area contributed by atoms with Crippen LogP contribution >= 0.6 is 0 Å². The van der Waals surface area contributed by atoms with Crippen molar-refractivity contribution in [3.63, 3.8) is 0 Å². The number of carbonyl (C=O) groups excluding carboxylic acids is 1. The fourth-order valence-electron chi connectivity index (χ4n) is 2.42. The number of anilines is 1. The molecule has 98 valence electrons. The summed E-state index contributed by atoms with van der Waals surface area (Å²) in [6.07, 6.45) is 4.91. The molecule has 0 aromatic heterocycles. The normalized spacial score (nSPS) is 16.8. The van der Waals surface area contributed by atoms with Crippen LogP contribution in [0.1, 0.15) is 43.0 Å². The van der Waals surface area contributed by atoms with E-state index < -0.39 is 0 Å².